The first-order valence-corrected chi connectivity index (χ1v) is 5.78. The summed E-state index contributed by atoms with van der Waals surface area (Å²) in [6.45, 7) is 4.11. The van der Waals surface area contributed by atoms with Gasteiger partial charge in [0.25, 0.3) is 0 Å². The Labute approximate surface area is 94.0 Å². The molecule has 0 heterocycles. The molecular weight excluding hydrogens is 240 g/mol. The van der Waals surface area contributed by atoms with Crippen LogP contribution in [0.2, 0.25) is 0 Å². The van der Waals surface area contributed by atoms with E-state index < -0.39 is 0 Å². The normalized spacial score (nSPS) is 10.4. The Balaban J connectivity index is 2.42. The molecule has 78 valence electrons. The van der Waals surface area contributed by atoms with Crippen molar-refractivity contribution in [2.45, 2.75) is 26.3 Å². The molecule has 0 radical (unpaired) electrons. The van der Waals surface area contributed by atoms with Crippen LogP contribution in [0.1, 0.15) is 25.3 Å². The molecule has 0 spiro atoms. The van der Waals surface area contributed by atoms with Gasteiger partial charge in [0.05, 0.1) is 0 Å². The van der Waals surface area contributed by atoms with Crippen molar-refractivity contribution in [3.05, 3.63) is 28.2 Å². The average Bonchev–Trinajstić information content (AvgIpc) is 2.15. The average molecular weight is 257 g/mol. The molecule has 0 amide bonds. The minimum atomic E-state index is 0.850. The largest absolute Gasteiger partial charge is 0.398 e. The zero-order valence-electron chi connectivity index (χ0n) is 8.52. The molecular formula is C11H17BrN2. The molecule has 0 saturated heterocycles. The third-order valence-corrected chi connectivity index (χ3v) is 2.62. The lowest BCUT2D eigenvalue weighted by Gasteiger charge is -2.07. The number of hydrogen-bond donors (Lipinski definition) is 2. The van der Waals surface area contributed by atoms with Crippen LogP contribution < -0.4 is 11.1 Å². The Morgan fingerprint density at radius 3 is 2.86 bits per heavy atom. The minimum absolute atomic E-state index is 0.850. The van der Waals surface area contributed by atoms with E-state index in [4.69, 9.17) is 5.73 Å². The number of anilines is 1. The van der Waals surface area contributed by atoms with Crippen molar-refractivity contribution in [3.8, 4) is 0 Å². The summed E-state index contributed by atoms with van der Waals surface area (Å²) in [5, 5.41) is 3.37. The van der Waals surface area contributed by atoms with Crippen molar-refractivity contribution in [1.82, 2.24) is 5.32 Å². The van der Waals surface area contributed by atoms with Gasteiger partial charge in [0.2, 0.25) is 0 Å². The van der Waals surface area contributed by atoms with E-state index in [9.17, 15) is 0 Å². The summed E-state index contributed by atoms with van der Waals surface area (Å²) in [5.74, 6) is 0. The molecule has 0 aliphatic rings. The summed E-state index contributed by atoms with van der Waals surface area (Å²) >= 11 is 3.39. The van der Waals surface area contributed by atoms with Crippen LogP contribution >= 0.6 is 15.9 Å². The highest BCUT2D eigenvalue weighted by atomic mass is 79.9. The van der Waals surface area contributed by atoms with E-state index >= 15 is 0 Å². The Bertz CT molecular complexity index is 287. The van der Waals surface area contributed by atoms with Crippen LogP contribution in [0, 0.1) is 0 Å². The Hall–Kier alpha value is -0.540. The monoisotopic (exact) mass is 256 g/mol. The molecule has 0 bridgehead atoms. The second kappa shape index (κ2) is 6.04. The second-order valence-corrected chi connectivity index (χ2v) is 4.29. The van der Waals surface area contributed by atoms with Gasteiger partial charge in [-0.15, -0.1) is 0 Å². The van der Waals surface area contributed by atoms with Crippen LogP contribution in [-0.4, -0.2) is 6.54 Å². The fraction of sp³-hybridized carbons (Fsp3) is 0.455. The topological polar surface area (TPSA) is 38.0 Å². The van der Waals surface area contributed by atoms with E-state index in [2.05, 4.69) is 34.2 Å². The number of nitrogens with one attached hydrogen (secondary N) is 1. The van der Waals surface area contributed by atoms with Gasteiger partial charge in [-0.05, 0) is 30.7 Å². The number of halogens is 1. The van der Waals surface area contributed by atoms with Gasteiger partial charge in [-0.2, -0.15) is 0 Å². The number of hydrogen-bond acceptors (Lipinski definition) is 2. The molecule has 0 atom stereocenters. The summed E-state index contributed by atoms with van der Waals surface area (Å²) in [5.41, 5.74) is 7.89. The quantitative estimate of drug-likeness (QED) is 0.628. The summed E-state index contributed by atoms with van der Waals surface area (Å²) in [4.78, 5) is 0. The highest BCUT2D eigenvalue weighted by Gasteiger charge is 1.98. The Kier molecular flexibility index (Phi) is 4.98. The fourth-order valence-corrected chi connectivity index (χ4v) is 1.63. The molecule has 1 aromatic carbocycles. The van der Waals surface area contributed by atoms with Gasteiger partial charge < -0.3 is 11.1 Å². The minimum Gasteiger partial charge on any atom is -0.398 e. The maximum atomic E-state index is 5.87. The molecule has 0 fully saturated rings. The smallest absolute Gasteiger partial charge is 0.0370 e. The van der Waals surface area contributed by atoms with Crippen molar-refractivity contribution < 1.29 is 0 Å². The van der Waals surface area contributed by atoms with E-state index in [-0.39, 0.29) is 0 Å². The van der Waals surface area contributed by atoms with Gasteiger partial charge in [-0.25, -0.2) is 0 Å². The summed E-state index contributed by atoms with van der Waals surface area (Å²) < 4.78 is 1.03. The number of nitrogen functional groups attached to an aromatic ring is 1. The molecule has 0 unspecified atom stereocenters. The predicted molar refractivity (Wildman–Crippen MR) is 65.2 cm³/mol. The van der Waals surface area contributed by atoms with Crippen molar-refractivity contribution >= 4 is 21.6 Å². The van der Waals surface area contributed by atoms with E-state index in [0.29, 0.717) is 0 Å². The first-order valence-electron chi connectivity index (χ1n) is 4.98. The summed E-state index contributed by atoms with van der Waals surface area (Å²) in [7, 11) is 0. The number of unbranched alkanes of at least 4 members (excludes halogenated alkanes) is 1. The molecule has 2 nitrogen and oxygen atoms in total. The van der Waals surface area contributed by atoms with Gasteiger partial charge in [-0.3, -0.25) is 0 Å². The van der Waals surface area contributed by atoms with E-state index in [1.165, 1.54) is 18.4 Å². The Morgan fingerprint density at radius 2 is 2.21 bits per heavy atom. The van der Waals surface area contributed by atoms with E-state index in [1.807, 2.05) is 12.1 Å². The summed E-state index contributed by atoms with van der Waals surface area (Å²) in [6.07, 6.45) is 2.44. The van der Waals surface area contributed by atoms with Crippen molar-refractivity contribution in [2.75, 3.05) is 12.3 Å². The van der Waals surface area contributed by atoms with Gasteiger partial charge in [-0.1, -0.05) is 35.3 Å². The first kappa shape index (κ1) is 11.5. The molecule has 1 aromatic rings. The van der Waals surface area contributed by atoms with E-state index in [0.717, 1.165) is 23.2 Å². The standard InChI is InChI=1S/C11H17BrN2/c1-2-3-6-14-8-9-4-5-10(12)7-11(9)13/h4-5,7,14H,2-3,6,8,13H2,1H3. The number of rotatable bonds is 5. The van der Waals surface area contributed by atoms with Gasteiger partial charge in [0, 0.05) is 16.7 Å². The van der Waals surface area contributed by atoms with E-state index in [1.54, 1.807) is 0 Å². The maximum Gasteiger partial charge on any atom is 0.0370 e. The van der Waals surface area contributed by atoms with Crippen LogP contribution in [0.25, 0.3) is 0 Å². The highest BCUT2D eigenvalue weighted by molar-refractivity contribution is 9.10. The van der Waals surface area contributed by atoms with Gasteiger partial charge in [0.15, 0.2) is 0 Å². The van der Waals surface area contributed by atoms with Crippen LogP contribution in [0.5, 0.6) is 0 Å². The lowest BCUT2D eigenvalue weighted by Crippen LogP contribution is -2.15. The van der Waals surface area contributed by atoms with Crippen molar-refractivity contribution in [1.29, 1.82) is 0 Å². The van der Waals surface area contributed by atoms with Crippen LogP contribution in [0.3, 0.4) is 0 Å². The molecule has 14 heavy (non-hydrogen) atoms. The van der Waals surface area contributed by atoms with Crippen LogP contribution in [0.15, 0.2) is 22.7 Å². The second-order valence-electron chi connectivity index (χ2n) is 3.37. The van der Waals surface area contributed by atoms with Crippen LogP contribution in [0.4, 0.5) is 5.69 Å². The molecule has 0 aliphatic heterocycles. The maximum absolute atomic E-state index is 5.87. The fourth-order valence-electron chi connectivity index (χ4n) is 1.25. The lowest BCUT2D eigenvalue weighted by atomic mass is 10.2. The SMILES string of the molecule is CCCCNCc1ccc(Br)cc1N. The zero-order chi connectivity index (χ0) is 10.4. The lowest BCUT2D eigenvalue weighted by molar-refractivity contribution is 0.642. The third-order valence-electron chi connectivity index (χ3n) is 2.13. The predicted octanol–water partition coefficient (Wildman–Crippen LogP) is 2.92. The molecule has 0 aliphatic carbocycles. The Morgan fingerprint density at radius 1 is 1.43 bits per heavy atom. The zero-order valence-corrected chi connectivity index (χ0v) is 10.1. The highest BCUT2D eigenvalue weighted by Crippen LogP contribution is 2.18. The van der Waals surface area contributed by atoms with Crippen molar-refractivity contribution in [3.63, 3.8) is 0 Å². The first-order chi connectivity index (χ1) is 6.74. The molecule has 0 aromatic heterocycles. The third kappa shape index (κ3) is 3.68. The molecule has 3 N–H and O–H groups in total. The van der Waals surface area contributed by atoms with Gasteiger partial charge >= 0.3 is 0 Å². The van der Waals surface area contributed by atoms with Gasteiger partial charge in [0.1, 0.15) is 0 Å². The number of nitrogens with two attached hydrogens (primary N) is 1. The molecule has 1 rings (SSSR count). The number of benzene rings is 1. The summed E-state index contributed by atoms with van der Waals surface area (Å²) in [6, 6.07) is 6.02. The van der Waals surface area contributed by atoms with Crippen molar-refractivity contribution in [2.24, 2.45) is 0 Å². The van der Waals surface area contributed by atoms with Crippen LogP contribution in [-0.2, 0) is 6.54 Å². The molecule has 0 saturated carbocycles. The molecule has 3 heteroatoms.